The van der Waals surface area contributed by atoms with E-state index in [2.05, 4.69) is 27.9 Å². The standard InChI is InChI=1S/C11H15IN2O3/c1-11(2,17-3)7-13-10-5-4-8(14(15)16)6-9(10)12/h4-6,13H,7H2,1-3H3. The highest BCUT2D eigenvalue weighted by molar-refractivity contribution is 14.1. The van der Waals surface area contributed by atoms with Crippen LogP contribution in [0.15, 0.2) is 18.2 Å². The minimum Gasteiger partial charge on any atom is -0.381 e. The Balaban J connectivity index is 2.77. The van der Waals surface area contributed by atoms with Gasteiger partial charge in [-0.3, -0.25) is 10.1 Å². The van der Waals surface area contributed by atoms with Gasteiger partial charge in [0.25, 0.3) is 5.69 Å². The number of hydrogen-bond acceptors (Lipinski definition) is 4. The summed E-state index contributed by atoms with van der Waals surface area (Å²) in [6, 6.07) is 4.75. The van der Waals surface area contributed by atoms with Crippen molar-refractivity contribution in [2.75, 3.05) is 19.0 Å². The van der Waals surface area contributed by atoms with E-state index in [0.29, 0.717) is 6.54 Å². The zero-order valence-electron chi connectivity index (χ0n) is 9.99. The number of nitro benzene ring substituents is 1. The second-order valence-electron chi connectivity index (χ2n) is 4.24. The van der Waals surface area contributed by atoms with E-state index in [0.717, 1.165) is 9.26 Å². The molecule has 6 heteroatoms. The molecule has 0 saturated carbocycles. The molecule has 1 aromatic rings. The molecule has 0 bridgehead atoms. The number of nitro groups is 1. The molecule has 0 aromatic heterocycles. The fourth-order valence-electron chi connectivity index (χ4n) is 1.14. The van der Waals surface area contributed by atoms with E-state index in [9.17, 15) is 10.1 Å². The van der Waals surface area contributed by atoms with Crippen molar-refractivity contribution in [2.24, 2.45) is 0 Å². The molecule has 0 atom stereocenters. The van der Waals surface area contributed by atoms with Crippen LogP contribution in [0.1, 0.15) is 13.8 Å². The lowest BCUT2D eigenvalue weighted by Crippen LogP contribution is -2.32. The number of benzene rings is 1. The highest BCUT2D eigenvalue weighted by Gasteiger charge is 2.17. The van der Waals surface area contributed by atoms with Crippen molar-refractivity contribution >= 4 is 34.0 Å². The molecule has 0 aliphatic heterocycles. The maximum Gasteiger partial charge on any atom is 0.270 e. The Labute approximate surface area is 114 Å². The van der Waals surface area contributed by atoms with Crippen molar-refractivity contribution in [1.29, 1.82) is 0 Å². The van der Waals surface area contributed by atoms with Crippen LogP contribution in [0, 0.1) is 13.7 Å². The number of halogens is 1. The zero-order valence-corrected chi connectivity index (χ0v) is 12.1. The van der Waals surface area contributed by atoms with Gasteiger partial charge in [0.05, 0.1) is 10.5 Å². The van der Waals surface area contributed by atoms with Gasteiger partial charge in [0.15, 0.2) is 0 Å². The Bertz CT molecular complexity index is 421. The van der Waals surface area contributed by atoms with E-state index in [1.54, 1.807) is 19.2 Å². The van der Waals surface area contributed by atoms with Gasteiger partial charge in [-0.25, -0.2) is 0 Å². The van der Waals surface area contributed by atoms with E-state index in [4.69, 9.17) is 4.74 Å². The molecular weight excluding hydrogens is 335 g/mol. The second-order valence-corrected chi connectivity index (χ2v) is 5.40. The Morgan fingerprint density at radius 3 is 2.65 bits per heavy atom. The molecule has 1 aromatic carbocycles. The zero-order chi connectivity index (χ0) is 13.1. The summed E-state index contributed by atoms with van der Waals surface area (Å²) in [6.45, 7) is 4.58. The third-order valence-corrected chi connectivity index (χ3v) is 3.31. The van der Waals surface area contributed by atoms with Crippen molar-refractivity contribution in [3.8, 4) is 0 Å². The Morgan fingerprint density at radius 2 is 2.18 bits per heavy atom. The maximum atomic E-state index is 10.6. The molecule has 0 amide bonds. The number of non-ortho nitro benzene ring substituents is 1. The summed E-state index contributed by atoms with van der Waals surface area (Å²) < 4.78 is 6.11. The van der Waals surface area contributed by atoms with Gasteiger partial charge < -0.3 is 10.1 Å². The second kappa shape index (κ2) is 5.63. The molecule has 1 rings (SSSR count). The number of nitrogens with zero attached hydrogens (tertiary/aromatic N) is 1. The van der Waals surface area contributed by atoms with E-state index < -0.39 is 4.92 Å². The highest BCUT2D eigenvalue weighted by atomic mass is 127. The fourth-order valence-corrected chi connectivity index (χ4v) is 1.83. The summed E-state index contributed by atoms with van der Waals surface area (Å²) in [6.07, 6.45) is 0. The highest BCUT2D eigenvalue weighted by Crippen LogP contribution is 2.24. The van der Waals surface area contributed by atoms with Crippen LogP contribution < -0.4 is 5.32 Å². The minimum absolute atomic E-state index is 0.103. The van der Waals surface area contributed by atoms with E-state index in [-0.39, 0.29) is 11.3 Å². The van der Waals surface area contributed by atoms with Gasteiger partial charge in [-0.15, -0.1) is 0 Å². The van der Waals surface area contributed by atoms with Gasteiger partial charge in [-0.05, 0) is 42.5 Å². The number of ether oxygens (including phenoxy) is 1. The first-order valence-corrected chi connectivity index (χ1v) is 6.16. The molecule has 0 fully saturated rings. The Morgan fingerprint density at radius 1 is 1.53 bits per heavy atom. The summed E-state index contributed by atoms with van der Waals surface area (Å²) >= 11 is 2.08. The first-order valence-electron chi connectivity index (χ1n) is 5.09. The van der Waals surface area contributed by atoms with Gasteiger partial charge in [-0.1, -0.05) is 0 Å². The smallest absolute Gasteiger partial charge is 0.270 e. The molecule has 0 aliphatic carbocycles. The topological polar surface area (TPSA) is 64.4 Å². The first-order chi connectivity index (χ1) is 7.85. The van der Waals surface area contributed by atoms with Gasteiger partial charge in [0.2, 0.25) is 0 Å². The molecule has 0 heterocycles. The van der Waals surface area contributed by atoms with Gasteiger partial charge in [-0.2, -0.15) is 0 Å². The number of methoxy groups -OCH3 is 1. The predicted molar refractivity (Wildman–Crippen MR) is 75.4 cm³/mol. The van der Waals surface area contributed by atoms with Gasteiger partial charge >= 0.3 is 0 Å². The van der Waals surface area contributed by atoms with E-state index >= 15 is 0 Å². The quantitative estimate of drug-likeness (QED) is 0.504. The number of anilines is 1. The molecule has 17 heavy (non-hydrogen) atoms. The van der Waals surface area contributed by atoms with Crippen LogP contribution in [0.25, 0.3) is 0 Å². The van der Waals surface area contributed by atoms with Crippen LogP contribution in [0.3, 0.4) is 0 Å². The van der Waals surface area contributed by atoms with Crippen molar-refractivity contribution in [1.82, 2.24) is 0 Å². The minimum atomic E-state index is -0.398. The van der Waals surface area contributed by atoms with Gasteiger partial charge in [0.1, 0.15) is 0 Å². The van der Waals surface area contributed by atoms with Crippen LogP contribution in [0.4, 0.5) is 11.4 Å². The molecular formula is C11H15IN2O3. The predicted octanol–water partition coefficient (Wildman–Crippen LogP) is 3.04. The van der Waals surface area contributed by atoms with E-state index in [1.165, 1.54) is 6.07 Å². The number of nitrogens with one attached hydrogen (secondary N) is 1. The average Bonchev–Trinajstić information content (AvgIpc) is 2.27. The Kier molecular flexibility index (Phi) is 4.70. The van der Waals surface area contributed by atoms with E-state index in [1.807, 2.05) is 13.8 Å². The molecule has 0 unspecified atom stereocenters. The summed E-state index contributed by atoms with van der Waals surface area (Å²) in [5.41, 5.74) is 0.706. The summed E-state index contributed by atoms with van der Waals surface area (Å²) in [5.74, 6) is 0. The molecule has 0 radical (unpaired) electrons. The maximum absolute atomic E-state index is 10.6. The normalized spacial score (nSPS) is 11.3. The fraction of sp³-hybridized carbons (Fsp3) is 0.455. The van der Waals surface area contributed by atoms with Gasteiger partial charge in [0, 0.05) is 35.0 Å². The molecule has 0 aliphatic rings. The van der Waals surface area contributed by atoms with Crippen LogP contribution in [-0.2, 0) is 4.74 Å². The first kappa shape index (κ1) is 14.2. The Hall–Kier alpha value is -0.890. The van der Waals surface area contributed by atoms with Crippen molar-refractivity contribution in [2.45, 2.75) is 19.4 Å². The largest absolute Gasteiger partial charge is 0.381 e. The van der Waals surface area contributed by atoms with Crippen molar-refractivity contribution in [3.63, 3.8) is 0 Å². The monoisotopic (exact) mass is 350 g/mol. The SMILES string of the molecule is COC(C)(C)CNc1ccc([N+](=O)[O-])cc1I. The lowest BCUT2D eigenvalue weighted by atomic mass is 10.1. The summed E-state index contributed by atoms with van der Waals surface area (Å²) in [7, 11) is 1.66. The third kappa shape index (κ3) is 4.12. The lowest BCUT2D eigenvalue weighted by Gasteiger charge is -2.24. The molecule has 94 valence electrons. The molecule has 1 N–H and O–H groups in total. The lowest BCUT2D eigenvalue weighted by molar-refractivity contribution is -0.384. The number of rotatable bonds is 5. The summed E-state index contributed by atoms with van der Waals surface area (Å²) in [5, 5.41) is 13.8. The average molecular weight is 350 g/mol. The van der Waals surface area contributed by atoms with Crippen LogP contribution >= 0.6 is 22.6 Å². The summed E-state index contributed by atoms with van der Waals surface area (Å²) in [4.78, 5) is 10.2. The molecule has 5 nitrogen and oxygen atoms in total. The van der Waals surface area contributed by atoms with Crippen molar-refractivity contribution < 1.29 is 9.66 Å². The molecule has 0 saturated heterocycles. The number of hydrogen-bond donors (Lipinski definition) is 1. The van der Waals surface area contributed by atoms with Crippen LogP contribution in [0.5, 0.6) is 0 Å². The van der Waals surface area contributed by atoms with Crippen LogP contribution in [0.2, 0.25) is 0 Å². The van der Waals surface area contributed by atoms with Crippen LogP contribution in [-0.4, -0.2) is 24.2 Å². The van der Waals surface area contributed by atoms with Crippen molar-refractivity contribution in [3.05, 3.63) is 31.9 Å². The third-order valence-electron chi connectivity index (χ3n) is 2.42. The molecule has 0 spiro atoms.